The normalized spacial score (nSPS) is 20.3. The van der Waals surface area contributed by atoms with Crippen molar-refractivity contribution in [3.63, 3.8) is 0 Å². The largest absolute Gasteiger partial charge is 0.491 e. The number of rotatable bonds is 4. The van der Waals surface area contributed by atoms with Gasteiger partial charge in [-0.3, -0.25) is 14.4 Å². The molecule has 10 nitrogen and oxygen atoms in total. The Morgan fingerprint density at radius 1 is 0.878 bits per heavy atom. The van der Waals surface area contributed by atoms with E-state index in [0.717, 1.165) is 17.0 Å². The highest BCUT2D eigenvalue weighted by atomic mass is 19.4. The van der Waals surface area contributed by atoms with E-state index in [9.17, 15) is 50.8 Å². The summed E-state index contributed by atoms with van der Waals surface area (Å²) < 4.78 is 91.6. The lowest BCUT2D eigenvalue weighted by atomic mass is 9.77. The molecular weight excluding hydrogens is 566 g/mol. The fourth-order valence-corrected chi connectivity index (χ4v) is 5.29. The summed E-state index contributed by atoms with van der Waals surface area (Å²) in [5, 5.41) is 22.3. The Balaban J connectivity index is 1.41. The number of amides is 3. The van der Waals surface area contributed by atoms with Crippen LogP contribution in [0, 0.1) is 0 Å². The van der Waals surface area contributed by atoms with Crippen LogP contribution in [0.5, 0.6) is 0 Å². The molecule has 0 aromatic heterocycles. The first-order valence-electron chi connectivity index (χ1n) is 12.0. The van der Waals surface area contributed by atoms with Crippen molar-refractivity contribution < 1.29 is 60.1 Å². The second-order valence-corrected chi connectivity index (χ2v) is 9.79. The van der Waals surface area contributed by atoms with Gasteiger partial charge in [-0.15, -0.1) is 0 Å². The van der Waals surface area contributed by atoms with Gasteiger partial charge in [0.15, 0.2) is 0 Å². The Bertz CT molecular complexity index is 1450. The summed E-state index contributed by atoms with van der Waals surface area (Å²) in [6.45, 7) is -1.48. The molecule has 2 atom stereocenters. The van der Waals surface area contributed by atoms with Crippen LogP contribution in [0.3, 0.4) is 0 Å². The Morgan fingerprint density at radius 2 is 1.37 bits per heavy atom. The van der Waals surface area contributed by atoms with Gasteiger partial charge in [-0.1, -0.05) is 0 Å². The number of primary amides is 1. The number of nitrogens with two attached hydrogens (primary N) is 1. The van der Waals surface area contributed by atoms with Gasteiger partial charge in [-0.2, -0.15) is 26.3 Å². The summed E-state index contributed by atoms with van der Waals surface area (Å²) in [5.41, 5.74) is 0.826. The van der Waals surface area contributed by atoms with Crippen molar-refractivity contribution in [2.45, 2.75) is 44.1 Å². The standard InChI is InChI=1S/C23H19B2F6N3O7/c26-22(27,28)14-1-9(3-16-12(14)7-40-24(16)38)20(36)33-11-5-18(19(32)35)34(6-11)21(37)10-2-15(23(29,30)31)13-8-41-25(39)17(13)4-10/h1-4,11,18,38-39H,5-8H2,(H2,32,35)(H,33,36)/t11-,18-/m0/s1. The van der Waals surface area contributed by atoms with Crippen LogP contribution in [-0.4, -0.2) is 65.5 Å². The lowest BCUT2D eigenvalue weighted by Gasteiger charge is -2.23. The number of hydrogen-bond donors (Lipinski definition) is 4. The first-order chi connectivity index (χ1) is 19.1. The van der Waals surface area contributed by atoms with Crippen molar-refractivity contribution >= 4 is 42.9 Å². The number of halogens is 6. The van der Waals surface area contributed by atoms with Crippen LogP contribution in [0.1, 0.15) is 49.4 Å². The summed E-state index contributed by atoms with van der Waals surface area (Å²) in [6, 6.07) is 0.761. The summed E-state index contributed by atoms with van der Waals surface area (Å²) in [6.07, 6.45) is -10.0. The molecule has 0 spiro atoms. The summed E-state index contributed by atoms with van der Waals surface area (Å²) in [7, 11) is -3.40. The van der Waals surface area contributed by atoms with Gasteiger partial charge in [0.2, 0.25) is 5.91 Å². The summed E-state index contributed by atoms with van der Waals surface area (Å²) in [4.78, 5) is 39.2. The van der Waals surface area contributed by atoms with Crippen molar-refractivity contribution in [2.24, 2.45) is 5.73 Å². The zero-order valence-electron chi connectivity index (χ0n) is 20.7. The van der Waals surface area contributed by atoms with Gasteiger partial charge in [-0.05, 0) is 52.7 Å². The predicted octanol–water partition coefficient (Wildman–Crippen LogP) is -0.342. The van der Waals surface area contributed by atoms with E-state index in [1.807, 2.05) is 0 Å². The van der Waals surface area contributed by atoms with Gasteiger partial charge in [0, 0.05) is 23.7 Å². The van der Waals surface area contributed by atoms with Gasteiger partial charge in [-0.25, -0.2) is 0 Å². The molecule has 5 rings (SSSR count). The Labute approximate surface area is 227 Å². The molecule has 2 aromatic rings. The molecule has 0 aliphatic carbocycles. The molecule has 3 aliphatic heterocycles. The van der Waals surface area contributed by atoms with Crippen molar-refractivity contribution in [1.29, 1.82) is 0 Å². The number of likely N-dealkylation sites (tertiary alicyclic amines) is 1. The third kappa shape index (κ3) is 5.27. The Hall–Kier alpha value is -3.60. The van der Waals surface area contributed by atoms with Crippen LogP contribution in [0.15, 0.2) is 24.3 Å². The number of nitrogens with one attached hydrogen (secondary N) is 1. The molecule has 41 heavy (non-hydrogen) atoms. The van der Waals surface area contributed by atoms with Crippen LogP contribution in [0.25, 0.3) is 0 Å². The molecule has 3 amide bonds. The molecule has 18 heteroatoms. The van der Waals surface area contributed by atoms with Gasteiger partial charge in [0.1, 0.15) is 6.04 Å². The maximum atomic E-state index is 13.7. The molecule has 1 fully saturated rings. The molecule has 0 radical (unpaired) electrons. The van der Waals surface area contributed by atoms with Crippen molar-refractivity contribution in [2.75, 3.05) is 6.54 Å². The van der Waals surface area contributed by atoms with Crippen LogP contribution < -0.4 is 22.0 Å². The number of nitrogens with zero attached hydrogens (tertiary/aromatic N) is 1. The third-order valence-electron chi connectivity index (χ3n) is 7.22. The van der Waals surface area contributed by atoms with Crippen LogP contribution in [0.2, 0.25) is 0 Å². The molecule has 0 bridgehead atoms. The van der Waals surface area contributed by atoms with Gasteiger partial charge in [0.05, 0.1) is 24.3 Å². The first-order valence-corrected chi connectivity index (χ1v) is 12.0. The smallest absolute Gasteiger partial charge is 0.423 e. The van der Waals surface area contributed by atoms with E-state index >= 15 is 0 Å². The first kappa shape index (κ1) is 28.9. The lowest BCUT2D eigenvalue weighted by Crippen LogP contribution is -2.44. The second-order valence-electron chi connectivity index (χ2n) is 9.79. The average molecular weight is 585 g/mol. The van der Waals surface area contributed by atoms with E-state index in [2.05, 4.69) is 5.32 Å². The number of fused-ring (bicyclic) bond motifs is 2. The fourth-order valence-electron chi connectivity index (χ4n) is 5.29. The number of carbonyl (C=O) groups excluding carboxylic acids is 3. The Kier molecular flexibility index (Phi) is 7.08. The van der Waals surface area contributed by atoms with Gasteiger partial charge >= 0.3 is 26.6 Å². The molecule has 216 valence electrons. The second kappa shape index (κ2) is 10.0. The van der Waals surface area contributed by atoms with Gasteiger partial charge < -0.3 is 35.3 Å². The quantitative estimate of drug-likeness (QED) is 0.283. The third-order valence-corrected chi connectivity index (χ3v) is 7.22. The average Bonchev–Trinajstić information content (AvgIpc) is 3.58. The number of carbonyl (C=O) groups is 3. The molecule has 0 unspecified atom stereocenters. The van der Waals surface area contributed by atoms with Crippen molar-refractivity contribution in [3.8, 4) is 0 Å². The van der Waals surface area contributed by atoms with E-state index in [1.54, 1.807) is 0 Å². The van der Waals surface area contributed by atoms with Gasteiger partial charge in [0.25, 0.3) is 11.8 Å². The highest BCUT2D eigenvalue weighted by molar-refractivity contribution is 6.62. The van der Waals surface area contributed by atoms with E-state index in [4.69, 9.17) is 15.0 Å². The van der Waals surface area contributed by atoms with Crippen LogP contribution >= 0.6 is 0 Å². The number of hydrogen-bond acceptors (Lipinski definition) is 7. The summed E-state index contributed by atoms with van der Waals surface area (Å²) in [5.74, 6) is -3.12. The van der Waals surface area contributed by atoms with E-state index in [-0.39, 0.29) is 28.5 Å². The highest BCUT2D eigenvalue weighted by Gasteiger charge is 2.44. The maximum absolute atomic E-state index is 13.7. The summed E-state index contributed by atoms with van der Waals surface area (Å²) >= 11 is 0. The zero-order valence-corrected chi connectivity index (χ0v) is 20.7. The monoisotopic (exact) mass is 585 g/mol. The molecule has 1 saturated heterocycles. The SMILES string of the molecule is NC(=O)[C@@H]1C[C@H](NC(=O)c2cc3c(c(C(F)(F)F)c2)COB3O)CN1C(=O)c1cc2c(c(C(F)(F)F)c1)COB2O. The molecular formula is C23H19B2F6N3O7. The number of alkyl halides is 6. The fraction of sp³-hybridized carbons (Fsp3) is 0.348. The maximum Gasteiger partial charge on any atom is 0.491 e. The zero-order chi connectivity index (χ0) is 30.0. The van der Waals surface area contributed by atoms with E-state index in [0.29, 0.717) is 12.1 Å². The molecule has 0 saturated carbocycles. The topological polar surface area (TPSA) is 151 Å². The minimum Gasteiger partial charge on any atom is -0.423 e. The molecule has 3 heterocycles. The minimum atomic E-state index is -4.90. The number of benzene rings is 2. The molecule has 3 aliphatic rings. The minimum absolute atomic E-state index is 0.244. The van der Waals surface area contributed by atoms with Crippen LogP contribution in [0.4, 0.5) is 26.3 Å². The van der Waals surface area contributed by atoms with E-state index < -0.39 is 98.4 Å². The molecule has 2 aromatic carbocycles. The Morgan fingerprint density at radius 3 is 1.85 bits per heavy atom. The molecule has 5 N–H and O–H groups in total. The van der Waals surface area contributed by atoms with E-state index in [1.165, 1.54) is 0 Å². The predicted molar refractivity (Wildman–Crippen MR) is 128 cm³/mol. The van der Waals surface area contributed by atoms with Crippen molar-refractivity contribution in [1.82, 2.24) is 10.2 Å². The van der Waals surface area contributed by atoms with Crippen molar-refractivity contribution in [3.05, 3.63) is 57.6 Å². The lowest BCUT2D eigenvalue weighted by molar-refractivity contribution is -0.139. The van der Waals surface area contributed by atoms with Crippen LogP contribution in [-0.2, 0) is 39.7 Å². The highest BCUT2D eigenvalue weighted by Crippen LogP contribution is 2.36.